The van der Waals surface area contributed by atoms with Crippen LogP contribution in [0.15, 0.2) is 22.7 Å². The number of aromatic nitrogens is 1. The summed E-state index contributed by atoms with van der Waals surface area (Å²) >= 11 is 0. The molecule has 10 nitrogen and oxygen atoms in total. The zero-order valence-electron chi connectivity index (χ0n) is 18.3. The van der Waals surface area contributed by atoms with E-state index in [0.717, 1.165) is 5.56 Å². The maximum atomic E-state index is 12.4. The molecular weight excluding hydrogens is 404 g/mol. The molecule has 1 fully saturated rings. The van der Waals surface area contributed by atoms with Gasteiger partial charge in [0.15, 0.2) is 11.5 Å². The van der Waals surface area contributed by atoms with Crippen LogP contribution in [-0.4, -0.2) is 80.8 Å². The lowest BCUT2D eigenvalue weighted by Gasteiger charge is -2.33. The number of carbonyl (C=O) groups excluding carboxylic acids is 2. The van der Waals surface area contributed by atoms with E-state index < -0.39 is 0 Å². The van der Waals surface area contributed by atoms with Crippen LogP contribution in [0, 0.1) is 6.92 Å². The Kier molecular flexibility index (Phi) is 7.35. The van der Waals surface area contributed by atoms with E-state index >= 15 is 0 Å². The Balaban J connectivity index is 1.49. The number of hydrogen-bond donors (Lipinski definition) is 1. The number of methoxy groups -OCH3 is 3. The Labute approximate surface area is 181 Å². The van der Waals surface area contributed by atoms with Crippen LogP contribution in [0.25, 0.3) is 0 Å². The smallest absolute Gasteiger partial charge is 0.292 e. The third-order valence-corrected chi connectivity index (χ3v) is 5.13. The summed E-state index contributed by atoms with van der Waals surface area (Å²) in [6.45, 7) is 4.57. The number of benzene rings is 1. The first-order valence-corrected chi connectivity index (χ1v) is 9.95. The van der Waals surface area contributed by atoms with Gasteiger partial charge in [0.25, 0.3) is 5.91 Å². The number of piperazine rings is 1. The minimum atomic E-state index is -0.176. The number of amides is 2. The van der Waals surface area contributed by atoms with Crippen molar-refractivity contribution < 1.29 is 28.3 Å². The molecule has 0 radical (unpaired) electrons. The Morgan fingerprint density at radius 2 is 1.65 bits per heavy atom. The first-order chi connectivity index (χ1) is 14.9. The highest BCUT2D eigenvalue weighted by atomic mass is 16.5. The molecule has 2 aromatic rings. The standard InChI is InChI=1S/C21H28N4O6/c1-14-9-19(31-23-14)21(27)25-7-5-24(6-8-25)13-20(26)22-12-15-10-17(29-3)18(30-4)11-16(15)28-2/h9-11H,5-8,12-13H2,1-4H3,(H,22,26). The number of aryl methyl sites for hydroxylation is 1. The van der Waals surface area contributed by atoms with Crippen LogP contribution >= 0.6 is 0 Å². The molecule has 0 atom stereocenters. The highest BCUT2D eigenvalue weighted by Gasteiger charge is 2.25. The molecular formula is C21H28N4O6. The quantitative estimate of drug-likeness (QED) is 0.661. The predicted octanol–water partition coefficient (Wildman–Crippen LogP) is 1.08. The molecule has 2 heterocycles. The first kappa shape index (κ1) is 22.4. The summed E-state index contributed by atoms with van der Waals surface area (Å²) in [5, 5.41) is 6.67. The fourth-order valence-corrected chi connectivity index (χ4v) is 3.41. The van der Waals surface area contributed by atoms with Gasteiger partial charge in [-0.15, -0.1) is 0 Å². The van der Waals surface area contributed by atoms with Crippen molar-refractivity contribution in [1.29, 1.82) is 0 Å². The van der Waals surface area contributed by atoms with Crippen molar-refractivity contribution in [1.82, 2.24) is 20.3 Å². The summed E-state index contributed by atoms with van der Waals surface area (Å²) in [5.41, 5.74) is 1.45. The molecule has 3 rings (SSSR count). The molecule has 1 N–H and O–H groups in total. The van der Waals surface area contributed by atoms with Crippen molar-refractivity contribution >= 4 is 11.8 Å². The second-order valence-electron chi connectivity index (χ2n) is 7.20. The number of rotatable bonds is 8. The monoisotopic (exact) mass is 432 g/mol. The summed E-state index contributed by atoms with van der Waals surface area (Å²) in [4.78, 5) is 28.6. The third kappa shape index (κ3) is 5.46. The van der Waals surface area contributed by atoms with Crippen molar-refractivity contribution in [2.24, 2.45) is 0 Å². The lowest BCUT2D eigenvalue weighted by atomic mass is 10.1. The van der Waals surface area contributed by atoms with Crippen LogP contribution in [0.5, 0.6) is 17.2 Å². The molecule has 1 aliphatic heterocycles. The van der Waals surface area contributed by atoms with Gasteiger partial charge < -0.3 is 29.0 Å². The normalized spacial score (nSPS) is 14.3. The summed E-state index contributed by atoms with van der Waals surface area (Å²) in [6, 6.07) is 5.14. The van der Waals surface area contributed by atoms with Crippen LogP contribution in [0.2, 0.25) is 0 Å². The van der Waals surface area contributed by atoms with Crippen LogP contribution in [0.4, 0.5) is 0 Å². The molecule has 1 saturated heterocycles. The maximum absolute atomic E-state index is 12.4. The summed E-state index contributed by atoms with van der Waals surface area (Å²) < 4.78 is 21.0. The zero-order valence-corrected chi connectivity index (χ0v) is 18.3. The van der Waals surface area contributed by atoms with Crippen molar-refractivity contribution in [2.45, 2.75) is 13.5 Å². The highest BCUT2D eigenvalue weighted by molar-refractivity contribution is 5.91. The Hall–Kier alpha value is -3.27. The topological polar surface area (TPSA) is 106 Å². The Morgan fingerprint density at radius 3 is 2.23 bits per heavy atom. The maximum Gasteiger partial charge on any atom is 0.292 e. The molecule has 0 aliphatic carbocycles. The van der Waals surface area contributed by atoms with Crippen molar-refractivity contribution in [3.8, 4) is 17.2 Å². The molecule has 2 amide bonds. The summed E-state index contributed by atoms with van der Waals surface area (Å²) in [6.07, 6.45) is 0. The van der Waals surface area contributed by atoms with Crippen molar-refractivity contribution in [3.05, 3.63) is 35.2 Å². The fraction of sp³-hybridized carbons (Fsp3) is 0.476. The van der Waals surface area contributed by atoms with Crippen molar-refractivity contribution in [2.75, 3.05) is 54.1 Å². The summed E-state index contributed by atoms with van der Waals surface area (Å²) in [7, 11) is 4.67. The van der Waals surface area contributed by atoms with E-state index in [1.54, 1.807) is 51.4 Å². The van der Waals surface area contributed by atoms with Gasteiger partial charge in [-0.1, -0.05) is 5.16 Å². The predicted molar refractivity (Wildman–Crippen MR) is 112 cm³/mol. The molecule has 31 heavy (non-hydrogen) atoms. The average molecular weight is 432 g/mol. The minimum Gasteiger partial charge on any atom is -0.496 e. The number of carbonyl (C=O) groups is 2. The van der Waals surface area contributed by atoms with Crippen molar-refractivity contribution in [3.63, 3.8) is 0 Å². The van der Waals surface area contributed by atoms with Crippen LogP contribution < -0.4 is 19.5 Å². The van der Waals surface area contributed by atoms with Gasteiger partial charge in [0.05, 0.1) is 33.6 Å². The Morgan fingerprint density at radius 1 is 1.00 bits per heavy atom. The van der Waals surface area contributed by atoms with Crippen LogP contribution in [0.3, 0.4) is 0 Å². The van der Waals surface area contributed by atoms with Gasteiger partial charge >= 0.3 is 0 Å². The van der Waals surface area contributed by atoms with E-state index in [4.69, 9.17) is 18.7 Å². The van der Waals surface area contributed by atoms with Gasteiger partial charge in [-0.3, -0.25) is 14.5 Å². The average Bonchev–Trinajstić information content (AvgIpc) is 3.23. The van der Waals surface area contributed by atoms with E-state index in [-0.39, 0.29) is 24.1 Å². The van der Waals surface area contributed by atoms with Gasteiger partial charge in [-0.2, -0.15) is 0 Å². The van der Waals surface area contributed by atoms with Gasteiger partial charge in [0.2, 0.25) is 11.7 Å². The molecule has 0 bridgehead atoms. The number of nitrogens with one attached hydrogen (secondary N) is 1. The number of nitrogens with zero attached hydrogens (tertiary/aromatic N) is 3. The molecule has 1 aromatic heterocycles. The second-order valence-corrected chi connectivity index (χ2v) is 7.20. The molecule has 1 aromatic carbocycles. The highest BCUT2D eigenvalue weighted by Crippen LogP contribution is 2.34. The van der Waals surface area contributed by atoms with Gasteiger partial charge in [0.1, 0.15) is 5.75 Å². The SMILES string of the molecule is COc1cc(OC)c(OC)cc1CNC(=O)CN1CCN(C(=O)c2cc(C)no2)CC1. The summed E-state index contributed by atoms with van der Waals surface area (Å²) in [5.74, 6) is 1.69. The number of ether oxygens (including phenoxy) is 3. The molecule has 1 aliphatic rings. The van der Waals surface area contributed by atoms with E-state index in [0.29, 0.717) is 55.7 Å². The van der Waals surface area contributed by atoms with E-state index in [9.17, 15) is 9.59 Å². The zero-order chi connectivity index (χ0) is 22.4. The lowest BCUT2D eigenvalue weighted by Crippen LogP contribution is -2.51. The number of hydrogen-bond acceptors (Lipinski definition) is 8. The second kappa shape index (κ2) is 10.2. The van der Waals surface area contributed by atoms with Gasteiger partial charge in [-0.05, 0) is 13.0 Å². The molecule has 168 valence electrons. The Bertz CT molecular complexity index is 921. The lowest BCUT2D eigenvalue weighted by molar-refractivity contribution is -0.122. The van der Waals surface area contributed by atoms with E-state index in [1.807, 2.05) is 4.90 Å². The minimum absolute atomic E-state index is 0.109. The molecule has 10 heteroatoms. The molecule has 0 unspecified atom stereocenters. The van der Waals surface area contributed by atoms with Gasteiger partial charge in [-0.25, -0.2) is 0 Å². The molecule has 0 spiro atoms. The van der Waals surface area contributed by atoms with E-state index in [1.165, 1.54) is 0 Å². The third-order valence-electron chi connectivity index (χ3n) is 5.13. The van der Waals surface area contributed by atoms with Gasteiger partial charge in [0, 0.05) is 50.4 Å². The van der Waals surface area contributed by atoms with E-state index in [2.05, 4.69) is 10.5 Å². The largest absolute Gasteiger partial charge is 0.496 e. The molecule has 0 saturated carbocycles. The van der Waals surface area contributed by atoms with Crippen LogP contribution in [0.1, 0.15) is 21.8 Å². The first-order valence-electron chi connectivity index (χ1n) is 9.95. The fourth-order valence-electron chi connectivity index (χ4n) is 3.41. The van der Waals surface area contributed by atoms with Crippen LogP contribution in [-0.2, 0) is 11.3 Å².